The van der Waals surface area contributed by atoms with Crippen molar-refractivity contribution in [3.05, 3.63) is 29.3 Å². The van der Waals surface area contributed by atoms with Gasteiger partial charge in [-0.25, -0.2) is 0 Å². The van der Waals surface area contributed by atoms with Gasteiger partial charge in [-0.05, 0) is 29.0 Å². The van der Waals surface area contributed by atoms with Gasteiger partial charge in [0.2, 0.25) is 5.91 Å². The van der Waals surface area contributed by atoms with Gasteiger partial charge >= 0.3 is 0 Å². The van der Waals surface area contributed by atoms with Crippen LogP contribution in [-0.4, -0.2) is 11.2 Å². The highest BCUT2D eigenvalue weighted by molar-refractivity contribution is 9.09. The minimum absolute atomic E-state index is 0.0612. The van der Waals surface area contributed by atoms with Crippen molar-refractivity contribution >= 4 is 27.5 Å². The first-order valence-corrected chi connectivity index (χ1v) is 7.57. The summed E-state index contributed by atoms with van der Waals surface area (Å²) >= 11 is 3.28. The zero-order valence-corrected chi connectivity index (χ0v) is 13.2. The summed E-state index contributed by atoms with van der Waals surface area (Å²) in [6.45, 7) is 8.67. The summed E-state index contributed by atoms with van der Waals surface area (Å²) in [6.07, 6.45) is 0.503. The lowest BCUT2D eigenvalue weighted by Gasteiger charge is -2.17. The molecule has 0 bridgehead atoms. The third-order valence-corrected chi connectivity index (χ3v) is 3.36. The number of hydrogen-bond acceptors (Lipinski definition) is 1. The Morgan fingerprint density at radius 1 is 1.22 bits per heavy atom. The second-order valence-electron chi connectivity index (χ2n) is 5.14. The Morgan fingerprint density at radius 2 is 1.89 bits per heavy atom. The molecule has 0 aliphatic rings. The van der Waals surface area contributed by atoms with Crippen LogP contribution in [0.5, 0.6) is 0 Å². The number of rotatable bonds is 5. The molecule has 0 spiro atoms. The maximum absolute atomic E-state index is 11.7. The lowest BCUT2D eigenvalue weighted by atomic mass is 9.94. The number of benzene rings is 1. The predicted octanol–water partition coefficient (Wildman–Crippen LogP) is 4.66. The Balaban J connectivity index is 3.00. The number of halogens is 1. The molecule has 0 aliphatic heterocycles. The summed E-state index contributed by atoms with van der Waals surface area (Å²) in [5.74, 6) is 0.976. The van der Waals surface area contributed by atoms with Gasteiger partial charge in [-0.2, -0.15) is 0 Å². The van der Waals surface area contributed by atoms with E-state index in [4.69, 9.17) is 0 Å². The summed E-state index contributed by atoms with van der Waals surface area (Å²) in [7, 11) is 0. The van der Waals surface area contributed by atoms with Crippen LogP contribution < -0.4 is 5.32 Å². The van der Waals surface area contributed by atoms with Gasteiger partial charge in [0.05, 0.1) is 0 Å². The molecule has 0 unspecified atom stereocenters. The van der Waals surface area contributed by atoms with E-state index in [1.54, 1.807) is 0 Å². The number of carbonyl (C=O) groups is 1. The van der Waals surface area contributed by atoms with Crippen LogP contribution in [-0.2, 0) is 4.79 Å². The van der Waals surface area contributed by atoms with E-state index in [2.05, 4.69) is 61.1 Å². The Bertz CT molecular complexity index is 413. The van der Waals surface area contributed by atoms with Gasteiger partial charge in [-0.1, -0.05) is 55.8 Å². The molecule has 1 N–H and O–H groups in total. The van der Waals surface area contributed by atoms with Crippen LogP contribution in [0.1, 0.15) is 57.1 Å². The van der Waals surface area contributed by atoms with Crippen molar-refractivity contribution in [2.24, 2.45) is 0 Å². The van der Waals surface area contributed by atoms with Crippen LogP contribution in [0.3, 0.4) is 0 Å². The van der Waals surface area contributed by atoms with Crippen molar-refractivity contribution in [3.63, 3.8) is 0 Å². The molecule has 1 aromatic carbocycles. The molecule has 0 radical (unpaired) electrons. The molecule has 0 saturated carbocycles. The fourth-order valence-corrected chi connectivity index (χ4v) is 2.19. The minimum atomic E-state index is 0.0612. The third kappa shape index (κ3) is 4.13. The molecule has 0 fully saturated rings. The zero-order chi connectivity index (χ0) is 13.7. The second kappa shape index (κ2) is 6.93. The molecular weight excluding hydrogens is 290 g/mol. The predicted molar refractivity (Wildman–Crippen MR) is 81.7 cm³/mol. The second-order valence-corrected chi connectivity index (χ2v) is 5.94. The van der Waals surface area contributed by atoms with Gasteiger partial charge in [-0.15, -0.1) is 0 Å². The summed E-state index contributed by atoms with van der Waals surface area (Å²) in [5, 5.41) is 3.68. The zero-order valence-electron chi connectivity index (χ0n) is 11.6. The molecule has 0 atom stereocenters. The van der Waals surface area contributed by atoms with E-state index in [1.807, 2.05) is 6.07 Å². The lowest BCUT2D eigenvalue weighted by Crippen LogP contribution is -2.13. The van der Waals surface area contributed by atoms with E-state index >= 15 is 0 Å². The Labute approximate surface area is 118 Å². The Morgan fingerprint density at radius 3 is 2.39 bits per heavy atom. The average Bonchev–Trinajstić information content (AvgIpc) is 2.29. The third-order valence-electron chi connectivity index (χ3n) is 2.96. The molecule has 18 heavy (non-hydrogen) atoms. The van der Waals surface area contributed by atoms with Crippen molar-refractivity contribution in [1.82, 2.24) is 0 Å². The Kier molecular flexibility index (Phi) is 5.86. The van der Waals surface area contributed by atoms with E-state index in [-0.39, 0.29) is 5.91 Å². The van der Waals surface area contributed by atoms with Crippen molar-refractivity contribution in [3.8, 4) is 0 Å². The molecule has 0 saturated heterocycles. The molecule has 100 valence electrons. The van der Waals surface area contributed by atoms with Gasteiger partial charge in [0.15, 0.2) is 0 Å². The largest absolute Gasteiger partial charge is 0.326 e. The van der Waals surface area contributed by atoms with Crippen LogP contribution >= 0.6 is 15.9 Å². The number of nitrogens with one attached hydrogen (secondary N) is 1. The number of amides is 1. The molecule has 0 aliphatic carbocycles. The van der Waals surface area contributed by atoms with Crippen molar-refractivity contribution in [1.29, 1.82) is 0 Å². The first kappa shape index (κ1) is 15.2. The van der Waals surface area contributed by atoms with Crippen LogP contribution in [0, 0.1) is 0 Å². The number of carbonyl (C=O) groups excluding carboxylic acids is 1. The fraction of sp³-hybridized carbons (Fsp3) is 0.533. The first-order valence-electron chi connectivity index (χ1n) is 6.45. The smallest absolute Gasteiger partial charge is 0.225 e. The highest BCUT2D eigenvalue weighted by Crippen LogP contribution is 2.28. The fourth-order valence-electron chi connectivity index (χ4n) is 1.83. The van der Waals surface area contributed by atoms with E-state index in [0.29, 0.717) is 23.6 Å². The average molecular weight is 312 g/mol. The molecule has 0 heterocycles. The number of hydrogen-bond donors (Lipinski definition) is 1. The van der Waals surface area contributed by atoms with Gasteiger partial charge in [0.25, 0.3) is 0 Å². The topological polar surface area (TPSA) is 29.1 Å². The van der Waals surface area contributed by atoms with E-state index < -0.39 is 0 Å². The van der Waals surface area contributed by atoms with Gasteiger partial charge in [0.1, 0.15) is 0 Å². The van der Waals surface area contributed by atoms with Crippen LogP contribution in [0.2, 0.25) is 0 Å². The maximum Gasteiger partial charge on any atom is 0.225 e. The standard InChI is InChI=1S/C15H22BrNO/c1-10(2)12-5-6-14(13(9-12)11(3)4)17-15(18)7-8-16/h5-6,9-11H,7-8H2,1-4H3,(H,17,18). The Hall–Kier alpha value is -0.830. The highest BCUT2D eigenvalue weighted by Gasteiger charge is 2.11. The SMILES string of the molecule is CC(C)c1ccc(NC(=O)CCBr)c(C(C)C)c1. The van der Waals surface area contributed by atoms with Crippen molar-refractivity contribution in [2.75, 3.05) is 10.6 Å². The molecule has 3 heteroatoms. The van der Waals surface area contributed by atoms with Crippen molar-refractivity contribution < 1.29 is 4.79 Å². The van der Waals surface area contributed by atoms with Crippen LogP contribution in [0.15, 0.2) is 18.2 Å². The van der Waals surface area contributed by atoms with Crippen molar-refractivity contribution in [2.45, 2.75) is 46.0 Å². The monoisotopic (exact) mass is 311 g/mol. The molecule has 1 amide bonds. The quantitative estimate of drug-likeness (QED) is 0.787. The maximum atomic E-state index is 11.7. The number of alkyl halides is 1. The van der Waals surface area contributed by atoms with Gasteiger partial charge in [-0.3, -0.25) is 4.79 Å². The summed E-state index contributed by atoms with van der Waals surface area (Å²) in [6, 6.07) is 6.33. The highest BCUT2D eigenvalue weighted by atomic mass is 79.9. The van der Waals surface area contributed by atoms with E-state index in [0.717, 1.165) is 5.69 Å². The first-order chi connectivity index (χ1) is 8.45. The molecule has 1 rings (SSSR count). The normalized spacial score (nSPS) is 11.1. The lowest BCUT2D eigenvalue weighted by molar-refractivity contribution is -0.115. The summed E-state index contributed by atoms with van der Waals surface area (Å²) < 4.78 is 0. The van der Waals surface area contributed by atoms with Crippen LogP contribution in [0.4, 0.5) is 5.69 Å². The summed E-state index contributed by atoms with van der Waals surface area (Å²) in [4.78, 5) is 11.7. The molecule has 0 aromatic heterocycles. The van der Waals surface area contributed by atoms with Gasteiger partial charge in [0, 0.05) is 17.4 Å². The molecule has 1 aromatic rings. The minimum Gasteiger partial charge on any atom is -0.326 e. The number of anilines is 1. The van der Waals surface area contributed by atoms with Crippen LogP contribution in [0.25, 0.3) is 0 Å². The summed E-state index contributed by atoms with van der Waals surface area (Å²) in [5.41, 5.74) is 3.47. The van der Waals surface area contributed by atoms with E-state index in [1.165, 1.54) is 11.1 Å². The molecule has 2 nitrogen and oxygen atoms in total. The molecular formula is C15H22BrNO. The van der Waals surface area contributed by atoms with E-state index in [9.17, 15) is 4.79 Å². The van der Waals surface area contributed by atoms with Gasteiger partial charge < -0.3 is 5.32 Å².